The second-order valence-corrected chi connectivity index (χ2v) is 5.11. The molecule has 1 amide bonds. The highest BCUT2D eigenvalue weighted by molar-refractivity contribution is 5.96. The van der Waals surface area contributed by atoms with Crippen molar-refractivity contribution in [3.63, 3.8) is 0 Å². The van der Waals surface area contributed by atoms with Crippen LogP contribution in [-0.4, -0.2) is 31.3 Å². The molecule has 0 aromatic heterocycles. The van der Waals surface area contributed by atoms with Gasteiger partial charge in [0, 0.05) is 12.7 Å². The number of aliphatic hydroxyl groups excluding tert-OH is 1. The maximum atomic E-state index is 11.9. The van der Waals surface area contributed by atoms with E-state index in [0.717, 1.165) is 22.6 Å². The second kappa shape index (κ2) is 6.06. The van der Waals surface area contributed by atoms with Gasteiger partial charge in [0.1, 0.15) is 11.9 Å². The van der Waals surface area contributed by atoms with E-state index < -0.39 is 6.10 Å². The van der Waals surface area contributed by atoms with Gasteiger partial charge < -0.3 is 14.7 Å². The molecular formula is C15H23NO3. The zero-order valence-electron chi connectivity index (χ0n) is 12.5. The molecule has 1 atom stereocenters. The standard InChI is InChI=1S/C15H23NO3/c1-9(2)12-8-13(10(3)7-14(12)19-6)16(5)15(18)11(4)17/h7-9,11,17H,1-6H3. The van der Waals surface area contributed by atoms with E-state index in [1.54, 1.807) is 14.2 Å². The average Bonchev–Trinajstić information content (AvgIpc) is 2.35. The van der Waals surface area contributed by atoms with Crippen LogP contribution in [0.25, 0.3) is 0 Å². The quantitative estimate of drug-likeness (QED) is 0.910. The van der Waals surface area contributed by atoms with Crippen molar-refractivity contribution in [3.8, 4) is 5.75 Å². The van der Waals surface area contributed by atoms with Gasteiger partial charge in [-0.3, -0.25) is 4.79 Å². The molecular weight excluding hydrogens is 242 g/mol. The maximum Gasteiger partial charge on any atom is 0.255 e. The van der Waals surface area contributed by atoms with Gasteiger partial charge in [-0.2, -0.15) is 0 Å². The van der Waals surface area contributed by atoms with Crippen molar-refractivity contribution in [2.24, 2.45) is 0 Å². The molecule has 0 heterocycles. The number of hydrogen-bond donors (Lipinski definition) is 1. The first kappa shape index (κ1) is 15.5. The number of aryl methyl sites for hydroxylation is 1. The predicted molar refractivity (Wildman–Crippen MR) is 76.9 cm³/mol. The number of methoxy groups -OCH3 is 1. The Hall–Kier alpha value is -1.55. The third-order valence-corrected chi connectivity index (χ3v) is 3.22. The number of aliphatic hydroxyl groups is 1. The molecule has 1 aromatic rings. The minimum atomic E-state index is -1.01. The van der Waals surface area contributed by atoms with Gasteiger partial charge in [0.25, 0.3) is 5.91 Å². The van der Waals surface area contributed by atoms with Crippen LogP contribution in [0.2, 0.25) is 0 Å². The molecule has 4 nitrogen and oxygen atoms in total. The van der Waals surface area contributed by atoms with Gasteiger partial charge in [-0.1, -0.05) is 13.8 Å². The first-order valence-electron chi connectivity index (χ1n) is 6.43. The first-order valence-corrected chi connectivity index (χ1v) is 6.43. The summed E-state index contributed by atoms with van der Waals surface area (Å²) in [5.74, 6) is 0.807. The summed E-state index contributed by atoms with van der Waals surface area (Å²) in [6, 6.07) is 3.88. The molecule has 1 aromatic carbocycles. The Labute approximate surface area is 115 Å². The lowest BCUT2D eigenvalue weighted by Gasteiger charge is -2.23. The number of carbonyl (C=O) groups excluding carboxylic acids is 1. The molecule has 1 N–H and O–H groups in total. The number of anilines is 1. The van der Waals surface area contributed by atoms with Crippen LogP contribution in [-0.2, 0) is 4.79 Å². The number of hydrogen-bond acceptors (Lipinski definition) is 3. The van der Waals surface area contributed by atoms with E-state index >= 15 is 0 Å². The second-order valence-electron chi connectivity index (χ2n) is 5.11. The minimum Gasteiger partial charge on any atom is -0.496 e. The zero-order chi connectivity index (χ0) is 14.7. The summed E-state index contributed by atoms with van der Waals surface area (Å²) in [6.07, 6.45) is -1.01. The van der Waals surface area contributed by atoms with Crippen LogP contribution in [0.15, 0.2) is 12.1 Å². The topological polar surface area (TPSA) is 49.8 Å². The minimum absolute atomic E-state index is 0.296. The number of likely N-dealkylation sites (N-methyl/N-ethyl adjacent to an activating group) is 1. The van der Waals surface area contributed by atoms with Crippen molar-refractivity contribution in [1.29, 1.82) is 0 Å². The van der Waals surface area contributed by atoms with Crippen LogP contribution in [0, 0.1) is 6.92 Å². The zero-order valence-corrected chi connectivity index (χ0v) is 12.5. The SMILES string of the molecule is COc1cc(C)c(N(C)C(=O)C(C)O)cc1C(C)C. The highest BCUT2D eigenvalue weighted by atomic mass is 16.5. The van der Waals surface area contributed by atoms with Gasteiger partial charge in [0.15, 0.2) is 0 Å². The summed E-state index contributed by atoms with van der Waals surface area (Å²) in [5, 5.41) is 9.41. The Morgan fingerprint density at radius 1 is 1.32 bits per heavy atom. The number of rotatable bonds is 4. The molecule has 0 bridgehead atoms. The lowest BCUT2D eigenvalue weighted by molar-refractivity contribution is -0.125. The lowest BCUT2D eigenvalue weighted by atomic mass is 9.98. The van der Waals surface area contributed by atoms with E-state index in [9.17, 15) is 9.90 Å². The summed E-state index contributed by atoms with van der Waals surface area (Å²) in [4.78, 5) is 13.4. The third-order valence-electron chi connectivity index (χ3n) is 3.22. The van der Waals surface area contributed by atoms with Gasteiger partial charge in [-0.05, 0) is 43.0 Å². The van der Waals surface area contributed by atoms with Crippen molar-refractivity contribution in [2.45, 2.75) is 39.7 Å². The van der Waals surface area contributed by atoms with Crippen LogP contribution < -0.4 is 9.64 Å². The molecule has 0 aliphatic rings. The molecule has 0 aliphatic heterocycles. The molecule has 0 saturated heterocycles. The van der Waals surface area contributed by atoms with Crippen molar-refractivity contribution in [3.05, 3.63) is 23.3 Å². The van der Waals surface area contributed by atoms with Gasteiger partial charge in [0.05, 0.1) is 7.11 Å². The summed E-state index contributed by atoms with van der Waals surface area (Å²) in [5.41, 5.74) is 2.79. The Kier molecular flexibility index (Phi) is 4.95. The van der Waals surface area contributed by atoms with Crippen LogP contribution in [0.4, 0.5) is 5.69 Å². The number of carbonyl (C=O) groups is 1. The summed E-state index contributed by atoms with van der Waals surface area (Å²) in [6.45, 7) is 7.55. The fourth-order valence-electron chi connectivity index (χ4n) is 2.07. The van der Waals surface area contributed by atoms with Crippen molar-refractivity contribution in [1.82, 2.24) is 0 Å². The van der Waals surface area contributed by atoms with Gasteiger partial charge >= 0.3 is 0 Å². The van der Waals surface area contributed by atoms with E-state index in [-0.39, 0.29) is 5.91 Å². The van der Waals surface area contributed by atoms with Gasteiger partial charge in [-0.15, -0.1) is 0 Å². The van der Waals surface area contributed by atoms with Crippen LogP contribution in [0.5, 0.6) is 5.75 Å². The number of amides is 1. The van der Waals surface area contributed by atoms with Crippen molar-refractivity contribution in [2.75, 3.05) is 19.1 Å². The Balaban J connectivity index is 3.29. The Bertz CT molecular complexity index is 467. The fourth-order valence-corrected chi connectivity index (χ4v) is 2.07. The predicted octanol–water partition coefficient (Wildman–Crippen LogP) is 2.47. The number of benzene rings is 1. The van der Waals surface area contributed by atoms with E-state index in [1.807, 2.05) is 19.1 Å². The van der Waals surface area contributed by atoms with Crippen LogP contribution in [0.1, 0.15) is 37.8 Å². The van der Waals surface area contributed by atoms with Gasteiger partial charge in [-0.25, -0.2) is 0 Å². The van der Waals surface area contributed by atoms with Crippen LogP contribution in [0.3, 0.4) is 0 Å². The lowest BCUT2D eigenvalue weighted by Crippen LogP contribution is -2.35. The van der Waals surface area contributed by atoms with Crippen LogP contribution >= 0.6 is 0 Å². The molecule has 0 spiro atoms. The van der Waals surface area contributed by atoms with Gasteiger partial charge in [0.2, 0.25) is 0 Å². The smallest absolute Gasteiger partial charge is 0.255 e. The molecule has 0 radical (unpaired) electrons. The Morgan fingerprint density at radius 2 is 1.89 bits per heavy atom. The average molecular weight is 265 g/mol. The molecule has 19 heavy (non-hydrogen) atoms. The number of ether oxygens (including phenoxy) is 1. The molecule has 1 rings (SSSR count). The third kappa shape index (κ3) is 3.26. The molecule has 1 unspecified atom stereocenters. The molecule has 0 saturated carbocycles. The highest BCUT2D eigenvalue weighted by Gasteiger charge is 2.20. The summed E-state index contributed by atoms with van der Waals surface area (Å²) < 4.78 is 5.38. The van der Waals surface area contributed by atoms with Crippen molar-refractivity contribution >= 4 is 11.6 Å². The maximum absolute atomic E-state index is 11.9. The summed E-state index contributed by atoms with van der Waals surface area (Å²) >= 11 is 0. The molecule has 0 aliphatic carbocycles. The molecule has 4 heteroatoms. The largest absolute Gasteiger partial charge is 0.496 e. The summed E-state index contributed by atoms with van der Waals surface area (Å²) in [7, 11) is 3.32. The molecule has 106 valence electrons. The van der Waals surface area contributed by atoms with E-state index in [4.69, 9.17) is 4.74 Å². The fraction of sp³-hybridized carbons (Fsp3) is 0.533. The van der Waals surface area contributed by atoms with E-state index in [0.29, 0.717) is 5.92 Å². The van der Waals surface area contributed by atoms with E-state index in [2.05, 4.69) is 13.8 Å². The number of nitrogens with zero attached hydrogens (tertiary/aromatic N) is 1. The molecule has 0 fully saturated rings. The first-order chi connectivity index (χ1) is 8.79. The normalized spacial score (nSPS) is 12.4. The Morgan fingerprint density at radius 3 is 2.32 bits per heavy atom. The van der Waals surface area contributed by atoms with Crippen molar-refractivity contribution < 1.29 is 14.6 Å². The monoisotopic (exact) mass is 265 g/mol. The highest BCUT2D eigenvalue weighted by Crippen LogP contribution is 2.33. The van der Waals surface area contributed by atoms with E-state index in [1.165, 1.54) is 11.8 Å².